The fourth-order valence-corrected chi connectivity index (χ4v) is 5.03. The smallest absolute Gasteiger partial charge is 0.314 e. The van der Waals surface area contributed by atoms with Gasteiger partial charge in [-0.15, -0.1) is 0 Å². The molecule has 2 atom stereocenters. The van der Waals surface area contributed by atoms with Crippen LogP contribution in [0.4, 0.5) is 4.39 Å². The third-order valence-corrected chi connectivity index (χ3v) is 6.72. The predicted molar refractivity (Wildman–Crippen MR) is 114 cm³/mol. The minimum absolute atomic E-state index is 0.0527. The number of carbonyl (C=O) groups excluding carboxylic acids is 1. The Morgan fingerprint density at radius 2 is 1.87 bits per heavy atom. The van der Waals surface area contributed by atoms with Crippen LogP contribution in [0.15, 0.2) is 30.3 Å². The topological polar surface area (TPSA) is 50.1 Å². The van der Waals surface area contributed by atoms with Crippen molar-refractivity contribution < 1.29 is 13.9 Å². The van der Waals surface area contributed by atoms with Gasteiger partial charge < -0.3 is 4.74 Å². The highest BCUT2D eigenvalue weighted by molar-refractivity contribution is 5.76. The van der Waals surface area contributed by atoms with E-state index in [9.17, 15) is 9.18 Å². The van der Waals surface area contributed by atoms with Gasteiger partial charge in [-0.05, 0) is 78.8 Å². The van der Waals surface area contributed by atoms with Gasteiger partial charge in [0.1, 0.15) is 17.6 Å². The molecule has 0 radical (unpaired) electrons. The molecule has 4 heteroatoms. The molecule has 3 nitrogen and oxygen atoms in total. The first-order chi connectivity index (χ1) is 14.6. The molecule has 0 aliphatic heterocycles. The Hall–Kier alpha value is -2.67. The summed E-state index contributed by atoms with van der Waals surface area (Å²) in [5.41, 5.74) is 5.70. The van der Waals surface area contributed by atoms with Crippen molar-refractivity contribution in [2.45, 2.75) is 64.7 Å². The number of ether oxygens (including phenoxy) is 1. The first-order valence-electron chi connectivity index (χ1n) is 11.1. The van der Waals surface area contributed by atoms with Crippen LogP contribution in [0.5, 0.6) is 5.75 Å². The molecule has 0 fully saturated rings. The summed E-state index contributed by atoms with van der Waals surface area (Å²) < 4.78 is 19.2. The van der Waals surface area contributed by atoms with E-state index in [1.165, 1.54) is 66.5 Å². The predicted octanol–water partition coefficient (Wildman–Crippen LogP) is 5.70. The summed E-state index contributed by atoms with van der Waals surface area (Å²) in [5.74, 6) is -0.224. The average molecular weight is 406 g/mol. The van der Waals surface area contributed by atoms with Crippen LogP contribution in [-0.2, 0) is 30.5 Å². The lowest BCUT2D eigenvalue weighted by atomic mass is 9.74. The number of benzene rings is 2. The number of hydrogen-bond acceptors (Lipinski definition) is 3. The lowest BCUT2D eigenvalue weighted by molar-refractivity contribution is -0.139. The first kappa shape index (κ1) is 20.6. The Bertz CT molecular complexity index is 991. The summed E-state index contributed by atoms with van der Waals surface area (Å²) in [6.07, 6.45) is 9.89. The molecule has 0 N–H and O–H groups in total. The van der Waals surface area contributed by atoms with Crippen LogP contribution in [0.2, 0.25) is 0 Å². The Balaban J connectivity index is 1.43. The minimum atomic E-state index is -0.666. The molecule has 4 rings (SSSR count). The molecule has 0 heterocycles. The fourth-order valence-electron chi connectivity index (χ4n) is 5.03. The van der Waals surface area contributed by atoms with Crippen LogP contribution in [0.3, 0.4) is 0 Å². The van der Waals surface area contributed by atoms with E-state index in [0.717, 1.165) is 31.2 Å². The minimum Gasteiger partial charge on any atom is -0.426 e. The van der Waals surface area contributed by atoms with E-state index in [2.05, 4.69) is 19.1 Å². The maximum atomic E-state index is 13.8. The largest absolute Gasteiger partial charge is 0.426 e. The van der Waals surface area contributed by atoms with Gasteiger partial charge in [0, 0.05) is 6.07 Å². The Morgan fingerprint density at radius 1 is 1.13 bits per heavy atom. The number of esters is 1. The Kier molecular flexibility index (Phi) is 6.18. The van der Waals surface area contributed by atoms with Crippen LogP contribution < -0.4 is 4.74 Å². The van der Waals surface area contributed by atoms with Gasteiger partial charge in [-0.1, -0.05) is 38.3 Å². The maximum absolute atomic E-state index is 13.8. The van der Waals surface area contributed by atoms with Gasteiger partial charge in [0.15, 0.2) is 0 Å². The number of carbonyl (C=O) groups is 1. The van der Waals surface area contributed by atoms with Gasteiger partial charge >= 0.3 is 5.97 Å². The van der Waals surface area contributed by atoms with Crippen LogP contribution in [0, 0.1) is 29.0 Å². The number of fused-ring (bicyclic) bond motifs is 3. The van der Waals surface area contributed by atoms with E-state index >= 15 is 0 Å². The third-order valence-electron chi connectivity index (χ3n) is 6.72. The third kappa shape index (κ3) is 4.26. The second-order valence-corrected chi connectivity index (χ2v) is 8.71. The summed E-state index contributed by atoms with van der Waals surface area (Å²) in [4.78, 5) is 12.7. The van der Waals surface area contributed by atoms with Crippen LogP contribution in [-0.4, -0.2) is 5.97 Å². The average Bonchev–Trinajstić information content (AvgIpc) is 2.77. The molecular formula is C26H28FNO2. The molecular weight excluding hydrogens is 377 g/mol. The summed E-state index contributed by atoms with van der Waals surface area (Å²) in [6, 6.07) is 10.2. The maximum Gasteiger partial charge on any atom is 0.314 e. The van der Waals surface area contributed by atoms with E-state index in [1.54, 1.807) is 6.07 Å². The molecule has 2 aromatic rings. The van der Waals surface area contributed by atoms with E-state index in [0.29, 0.717) is 6.42 Å². The Morgan fingerprint density at radius 3 is 2.57 bits per heavy atom. The molecule has 0 bridgehead atoms. The number of unbranched alkanes of at least 4 members (excludes halogenated alkanes) is 1. The number of hydrogen-bond donors (Lipinski definition) is 0. The zero-order valence-corrected chi connectivity index (χ0v) is 17.5. The standard InChI is InChI=1S/C26H28FNO2/c1-2-3-4-17-5-11-23-18(13-17)6-7-19-14-20(9-12-24(19)23)26(29)30-22-10-8-21(16-28)25(27)15-22/h6-8,10,15,17,20H,2-5,9,11-14H2,1H3. The summed E-state index contributed by atoms with van der Waals surface area (Å²) in [7, 11) is 0. The van der Waals surface area contributed by atoms with Crippen molar-refractivity contribution >= 4 is 5.97 Å². The fraction of sp³-hybridized carbons (Fsp3) is 0.462. The van der Waals surface area contributed by atoms with Gasteiger partial charge in [-0.2, -0.15) is 5.26 Å². The number of halogens is 1. The van der Waals surface area contributed by atoms with Crippen LogP contribution >= 0.6 is 0 Å². The first-order valence-corrected chi connectivity index (χ1v) is 11.1. The van der Waals surface area contributed by atoms with Crippen molar-refractivity contribution in [2.75, 3.05) is 0 Å². The van der Waals surface area contributed by atoms with Gasteiger partial charge in [0.25, 0.3) is 0 Å². The molecule has 0 saturated carbocycles. The summed E-state index contributed by atoms with van der Waals surface area (Å²) in [6.45, 7) is 2.26. The van der Waals surface area contributed by atoms with Crippen molar-refractivity contribution in [2.24, 2.45) is 11.8 Å². The van der Waals surface area contributed by atoms with E-state index < -0.39 is 5.82 Å². The lowest BCUT2D eigenvalue weighted by Crippen LogP contribution is -2.28. The molecule has 0 saturated heterocycles. The van der Waals surface area contributed by atoms with Crippen LogP contribution in [0.25, 0.3) is 0 Å². The SMILES string of the molecule is CCCCC1CCc2c(ccc3c2CCC(C(=O)Oc2ccc(C#N)c(F)c2)C3)C1. The van der Waals surface area contributed by atoms with Crippen molar-refractivity contribution in [1.29, 1.82) is 5.26 Å². The molecule has 0 aromatic heterocycles. The molecule has 156 valence electrons. The molecule has 2 unspecified atom stereocenters. The second kappa shape index (κ2) is 9.00. The van der Waals surface area contributed by atoms with Gasteiger partial charge in [-0.3, -0.25) is 4.79 Å². The van der Waals surface area contributed by atoms with E-state index in [-0.39, 0.29) is 23.2 Å². The van der Waals surface area contributed by atoms with Crippen molar-refractivity contribution in [3.63, 3.8) is 0 Å². The zero-order chi connectivity index (χ0) is 21.1. The lowest BCUT2D eigenvalue weighted by Gasteiger charge is -2.31. The Labute approximate surface area is 177 Å². The summed E-state index contributed by atoms with van der Waals surface area (Å²) >= 11 is 0. The highest BCUT2D eigenvalue weighted by Gasteiger charge is 2.30. The van der Waals surface area contributed by atoms with E-state index in [1.807, 2.05) is 0 Å². The number of nitrogens with zero attached hydrogens (tertiary/aromatic N) is 1. The monoisotopic (exact) mass is 405 g/mol. The molecule has 2 aromatic carbocycles. The number of rotatable bonds is 5. The van der Waals surface area contributed by atoms with Crippen molar-refractivity contribution in [3.8, 4) is 11.8 Å². The molecule has 0 spiro atoms. The zero-order valence-electron chi connectivity index (χ0n) is 17.5. The highest BCUT2D eigenvalue weighted by Crippen LogP contribution is 2.36. The normalized spacial score (nSPS) is 20.0. The second-order valence-electron chi connectivity index (χ2n) is 8.71. The molecule has 2 aliphatic rings. The van der Waals surface area contributed by atoms with Crippen molar-refractivity contribution in [3.05, 3.63) is 64.0 Å². The quantitative estimate of drug-likeness (QED) is 0.473. The van der Waals surface area contributed by atoms with Gasteiger partial charge in [-0.25, -0.2) is 4.39 Å². The van der Waals surface area contributed by atoms with Crippen LogP contribution in [0.1, 0.15) is 66.8 Å². The van der Waals surface area contributed by atoms with Gasteiger partial charge in [0.2, 0.25) is 0 Å². The van der Waals surface area contributed by atoms with E-state index in [4.69, 9.17) is 10.00 Å². The molecule has 30 heavy (non-hydrogen) atoms. The van der Waals surface area contributed by atoms with Crippen molar-refractivity contribution in [1.82, 2.24) is 0 Å². The summed E-state index contributed by atoms with van der Waals surface area (Å²) in [5, 5.41) is 8.83. The number of nitriles is 1. The molecule has 2 aliphatic carbocycles. The highest BCUT2D eigenvalue weighted by atomic mass is 19.1. The van der Waals surface area contributed by atoms with Gasteiger partial charge in [0.05, 0.1) is 11.5 Å². The molecule has 0 amide bonds.